The molecule has 2 heterocycles. The molecule has 9 nitrogen and oxygen atoms in total. The molecule has 0 aliphatic heterocycles. The number of hydrogen-bond donors (Lipinski definition) is 2. The summed E-state index contributed by atoms with van der Waals surface area (Å²) in [5, 5.41) is 11.5. The second kappa shape index (κ2) is 7.08. The lowest BCUT2D eigenvalue weighted by Gasteiger charge is -2.07. The van der Waals surface area contributed by atoms with E-state index < -0.39 is 16.7 Å². The fraction of sp³-hybridized carbons (Fsp3) is 0.176. The molecule has 0 bridgehead atoms. The van der Waals surface area contributed by atoms with Crippen LogP contribution in [0.5, 0.6) is 0 Å². The van der Waals surface area contributed by atoms with E-state index in [-0.39, 0.29) is 11.3 Å². The molecule has 0 aliphatic carbocycles. The fourth-order valence-electron chi connectivity index (χ4n) is 2.67. The molecule has 27 heavy (non-hydrogen) atoms. The zero-order valence-corrected chi connectivity index (χ0v) is 15.5. The standard InChI is InChI=1S/C17H15N5O4S/c1-8-13-9(2)18-10(3)19-17(13)27-14(8)16(24)21-20-15(23)11-4-6-12(7-5-11)22(25)26/h4-7H,1-3H3,(H,20,23)(H,21,24). The van der Waals surface area contributed by atoms with E-state index in [9.17, 15) is 19.7 Å². The van der Waals surface area contributed by atoms with Gasteiger partial charge in [-0.1, -0.05) is 0 Å². The summed E-state index contributed by atoms with van der Waals surface area (Å²) < 4.78 is 0. The largest absolute Gasteiger partial charge is 0.280 e. The van der Waals surface area contributed by atoms with Crippen molar-refractivity contribution in [1.82, 2.24) is 20.8 Å². The molecule has 2 aromatic heterocycles. The summed E-state index contributed by atoms with van der Waals surface area (Å²) in [5.41, 5.74) is 6.27. The lowest BCUT2D eigenvalue weighted by Crippen LogP contribution is -2.41. The SMILES string of the molecule is Cc1nc(C)c2c(C)c(C(=O)NNC(=O)c3ccc([N+](=O)[O-])cc3)sc2n1. The van der Waals surface area contributed by atoms with Crippen LogP contribution in [0.25, 0.3) is 10.2 Å². The molecule has 138 valence electrons. The molecule has 2 amide bonds. The number of nitrogens with zero attached hydrogens (tertiary/aromatic N) is 3. The highest BCUT2D eigenvalue weighted by atomic mass is 32.1. The van der Waals surface area contributed by atoms with Gasteiger partial charge < -0.3 is 0 Å². The summed E-state index contributed by atoms with van der Waals surface area (Å²) in [4.78, 5) is 44.5. The second-order valence-corrected chi connectivity index (χ2v) is 6.80. The third kappa shape index (κ3) is 3.60. The van der Waals surface area contributed by atoms with Crippen molar-refractivity contribution in [1.29, 1.82) is 0 Å². The molecule has 0 fully saturated rings. The van der Waals surface area contributed by atoms with Crippen LogP contribution in [0.2, 0.25) is 0 Å². The number of amides is 2. The predicted molar refractivity (Wildman–Crippen MR) is 99.7 cm³/mol. The van der Waals surface area contributed by atoms with Crippen LogP contribution < -0.4 is 10.9 Å². The Morgan fingerprint density at radius 2 is 1.67 bits per heavy atom. The number of aromatic nitrogens is 2. The van der Waals surface area contributed by atoms with Crippen molar-refractivity contribution in [3.8, 4) is 0 Å². The van der Waals surface area contributed by atoms with Gasteiger partial charge in [0.05, 0.1) is 9.80 Å². The minimum Gasteiger partial charge on any atom is -0.267 e. The number of nitro benzene ring substituents is 1. The lowest BCUT2D eigenvalue weighted by atomic mass is 10.1. The number of hydrogen-bond acceptors (Lipinski definition) is 7. The smallest absolute Gasteiger partial charge is 0.267 e. The third-order valence-corrected chi connectivity index (χ3v) is 5.10. The van der Waals surface area contributed by atoms with Gasteiger partial charge in [0.15, 0.2) is 0 Å². The zero-order valence-electron chi connectivity index (χ0n) is 14.7. The highest BCUT2D eigenvalue weighted by Crippen LogP contribution is 2.31. The van der Waals surface area contributed by atoms with Crippen LogP contribution in [-0.4, -0.2) is 26.7 Å². The number of non-ortho nitro benzene ring substituents is 1. The minimum absolute atomic E-state index is 0.122. The molecular weight excluding hydrogens is 370 g/mol. The molecule has 10 heteroatoms. The summed E-state index contributed by atoms with van der Waals surface area (Å²) in [6.45, 7) is 5.44. The minimum atomic E-state index is -0.580. The molecule has 0 saturated heterocycles. The Morgan fingerprint density at radius 1 is 1.04 bits per heavy atom. The molecule has 3 aromatic rings. The number of carbonyl (C=O) groups is 2. The van der Waals surface area contributed by atoms with E-state index in [1.54, 1.807) is 13.8 Å². The maximum Gasteiger partial charge on any atom is 0.280 e. The van der Waals surface area contributed by atoms with Crippen LogP contribution in [0.4, 0.5) is 5.69 Å². The van der Waals surface area contributed by atoms with E-state index in [0.717, 1.165) is 16.6 Å². The van der Waals surface area contributed by atoms with E-state index in [4.69, 9.17) is 0 Å². The van der Waals surface area contributed by atoms with Gasteiger partial charge in [0.1, 0.15) is 10.7 Å². The van der Waals surface area contributed by atoms with Gasteiger partial charge in [-0.15, -0.1) is 11.3 Å². The predicted octanol–water partition coefficient (Wildman–Crippen LogP) is 2.60. The average molecular weight is 385 g/mol. The number of aryl methyl sites for hydroxylation is 3. The molecular formula is C17H15N5O4S. The molecule has 0 radical (unpaired) electrons. The molecule has 0 saturated carbocycles. The Bertz CT molecular complexity index is 1080. The first kappa shape index (κ1) is 18.4. The molecule has 0 unspecified atom stereocenters. The van der Waals surface area contributed by atoms with Crippen molar-refractivity contribution >= 4 is 39.1 Å². The van der Waals surface area contributed by atoms with E-state index in [0.29, 0.717) is 15.5 Å². The van der Waals surface area contributed by atoms with Crippen LogP contribution in [0.15, 0.2) is 24.3 Å². The van der Waals surface area contributed by atoms with Gasteiger partial charge in [0.25, 0.3) is 17.5 Å². The summed E-state index contributed by atoms with van der Waals surface area (Å²) >= 11 is 1.22. The van der Waals surface area contributed by atoms with Crippen molar-refractivity contribution in [2.45, 2.75) is 20.8 Å². The first-order valence-electron chi connectivity index (χ1n) is 7.87. The average Bonchev–Trinajstić information content (AvgIpc) is 2.96. The Hall–Kier alpha value is -3.40. The van der Waals surface area contributed by atoms with E-state index >= 15 is 0 Å². The first-order chi connectivity index (χ1) is 12.8. The molecule has 2 N–H and O–H groups in total. The van der Waals surface area contributed by atoms with Crippen molar-refractivity contribution in [2.75, 3.05) is 0 Å². The summed E-state index contributed by atoms with van der Waals surface area (Å²) in [6, 6.07) is 5.06. The Labute approximate surface area is 157 Å². The topological polar surface area (TPSA) is 127 Å². The number of hydrazine groups is 1. The van der Waals surface area contributed by atoms with Gasteiger partial charge in [0.2, 0.25) is 0 Å². The number of fused-ring (bicyclic) bond motifs is 1. The summed E-state index contributed by atoms with van der Waals surface area (Å²) in [5.74, 6) is -0.425. The van der Waals surface area contributed by atoms with Crippen molar-refractivity contribution in [2.24, 2.45) is 0 Å². The molecule has 0 aliphatic rings. The van der Waals surface area contributed by atoms with Gasteiger partial charge >= 0.3 is 0 Å². The van der Waals surface area contributed by atoms with Crippen molar-refractivity contribution < 1.29 is 14.5 Å². The van der Waals surface area contributed by atoms with Gasteiger partial charge in [0, 0.05) is 28.8 Å². The Kier molecular flexibility index (Phi) is 4.82. The number of carbonyl (C=O) groups excluding carboxylic acids is 2. The number of nitrogens with one attached hydrogen (secondary N) is 2. The Morgan fingerprint density at radius 3 is 2.30 bits per heavy atom. The number of rotatable bonds is 3. The maximum absolute atomic E-state index is 12.5. The molecule has 0 atom stereocenters. The lowest BCUT2D eigenvalue weighted by molar-refractivity contribution is -0.384. The van der Waals surface area contributed by atoms with Crippen LogP contribution in [0.1, 0.15) is 37.1 Å². The zero-order chi connectivity index (χ0) is 19.7. The van der Waals surface area contributed by atoms with E-state index in [2.05, 4.69) is 20.8 Å². The number of benzene rings is 1. The summed E-state index contributed by atoms with van der Waals surface area (Å²) in [6.07, 6.45) is 0. The van der Waals surface area contributed by atoms with E-state index in [1.165, 1.54) is 35.6 Å². The number of thiophene rings is 1. The highest BCUT2D eigenvalue weighted by Gasteiger charge is 2.19. The molecule has 1 aromatic carbocycles. The van der Waals surface area contributed by atoms with Crippen LogP contribution in [0.3, 0.4) is 0 Å². The Balaban J connectivity index is 1.75. The van der Waals surface area contributed by atoms with Crippen LogP contribution in [0, 0.1) is 30.9 Å². The quantitative estimate of drug-likeness (QED) is 0.527. The fourth-order valence-corrected chi connectivity index (χ4v) is 3.84. The van der Waals surface area contributed by atoms with Crippen LogP contribution >= 0.6 is 11.3 Å². The van der Waals surface area contributed by atoms with Gasteiger partial charge in [-0.05, 0) is 38.5 Å². The number of nitro groups is 1. The summed E-state index contributed by atoms with van der Waals surface area (Å²) in [7, 11) is 0. The second-order valence-electron chi connectivity index (χ2n) is 5.80. The van der Waals surface area contributed by atoms with Gasteiger partial charge in [-0.2, -0.15) is 0 Å². The maximum atomic E-state index is 12.5. The molecule has 3 rings (SSSR count). The van der Waals surface area contributed by atoms with Crippen molar-refractivity contribution in [3.63, 3.8) is 0 Å². The third-order valence-electron chi connectivity index (χ3n) is 3.92. The monoisotopic (exact) mass is 385 g/mol. The first-order valence-corrected chi connectivity index (χ1v) is 8.69. The van der Waals surface area contributed by atoms with Crippen molar-refractivity contribution in [3.05, 3.63) is 61.9 Å². The van der Waals surface area contributed by atoms with Gasteiger partial charge in [-0.25, -0.2) is 9.97 Å². The van der Waals surface area contributed by atoms with E-state index in [1.807, 2.05) is 6.92 Å². The van der Waals surface area contributed by atoms with Gasteiger partial charge in [-0.3, -0.25) is 30.6 Å². The normalized spacial score (nSPS) is 10.6. The molecule has 0 spiro atoms. The highest BCUT2D eigenvalue weighted by molar-refractivity contribution is 7.20. The van der Waals surface area contributed by atoms with Crippen LogP contribution in [-0.2, 0) is 0 Å².